The van der Waals surface area contributed by atoms with E-state index in [2.05, 4.69) is 21.9 Å². The summed E-state index contributed by atoms with van der Waals surface area (Å²) in [5.41, 5.74) is 5.84. The predicted octanol–water partition coefficient (Wildman–Crippen LogP) is 0.835. The van der Waals surface area contributed by atoms with Crippen LogP contribution in [0.4, 0.5) is 5.69 Å². The third-order valence-electron chi connectivity index (χ3n) is 4.41. The number of methoxy groups -OCH3 is 1. The van der Waals surface area contributed by atoms with Gasteiger partial charge in [0.25, 0.3) is 5.91 Å². The lowest BCUT2D eigenvalue weighted by Crippen LogP contribution is -2.46. The number of nitrogens with zero attached hydrogens (tertiary/aromatic N) is 2. The summed E-state index contributed by atoms with van der Waals surface area (Å²) in [4.78, 5) is 27.3. The highest BCUT2D eigenvalue weighted by atomic mass is 16.5. The van der Waals surface area contributed by atoms with Crippen molar-refractivity contribution >= 4 is 11.6 Å². The number of anilines is 1. The van der Waals surface area contributed by atoms with E-state index in [1.165, 1.54) is 12.3 Å². The van der Waals surface area contributed by atoms with Crippen LogP contribution in [0.15, 0.2) is 45.8 Å². The highest BCUT2D eigenvalue weighted by molar-refractivity contribution is 5.75. The van der Waals surface area contributed by atoms with Crippen LogP contribution in [0.2, 0.25) is 0 Å². The van der Waals surface area contributed by atoms with Gasteiger partial charge in [-0.2, -0.15) is 0 Å². The Kier molecular flexibility index (Phi) is 5.97. The van der Waals surface area contributed by atoms with Crippen molar-refractivity contribution in [1.82, 2.24) is 4.90 Å². The third kappa shape index (κ3) is 5.01. The van der Waals surface area contributed by atoms with Gasteiger partial charge in [-0.05, 0) is 24.3 Å². The molecule has 0 unspecified atom stereocenters. The van der Waals surface area contributed by atoms with Gasteiger partial charge in [-0.15, -0.1) is 0 Å². The number of carbonyl (C=O) groups excluding carboxylic acids is 1. The average Bonchev–Trinajstić information content (AvgIpc) is 2.68. The van der Waals surface area contributed by atoms with Gasteiger partial charge in [0.1, 0.15) is 17.8 Å². The minimum atomic E-state index is -0.645. The standard InChI is InChI=1S/C19H23N3O5/c1-25-15-4-2-14(3-5-15)22-8-6-21(7-9-22)11-16-10-17(23)18(12-26-16)27-13-19(20)24/h2-5,10,12H,6-9,11,13H2,1H3,(H2,20,24). The molecule has 0 atom stereocenters. The summed E-state index contributed by atoms with van der Waals surface area (Å²) in [5.74, 6) is 0.745. The maximum absolute atomic E-state index is 12.0. The summed E-state index contributed by atoms with van der Waals surface area (Å²) in [6.45, 7) is 3.68. The first-order chi connectivity index (χ1) is 13.0. The fourth-order valence-electron chi connectivity index (χ4n) is 2.95. The maximum Gasteiger partial charge on any atom is 0.255 e. The van der Waals surface area contributed by atoms with Gasteiger partial charge in [0, 0.05) is 37.9 Å². The van der Waals surface area contributed by atoms with E-state index in [9.17, 15) is 9.59 Å². The molecule has 144 valence electrons. The van der Waals surface area contributed by atoms with Crippen LogP contribution in [0, 0.1) is 0 Å². The van der Waals surface area contributed by atoms with Gasteiger partial charge in [0.15, 0.2) is 6.61 Å². The average molecular weight is 373 g/mol. The van der Waals surface area contributed by atoms with Gasteiger partial charge >= 0.3 is 0 Å². The van der Waals surface area contributed by atoms with Crippen LogP contribution in [0.1, 0.15) is 5.76 Å². The lowest BCUT2D eigenvalue weighted by molar-refractivity contribution is -0.119. The van der Waals surface area contributed by atoms with Crippen LogP contribution < -0.4 is 25.5 Å². The molecule has 0 spiro atoms. The van der Waals surface area contributed by atoms with E-state index < -0.39 is 5.91 Å². The predicted molar refractivity (Wildman–Crippen MR) is 100 cm³/mol. The van der Waals surface area contributed by atoms with E-state index >= 15 is 0 Å². The first kappa shape index (κ1) is 18.8. The van der Waals surface area contributed by atoms with Crippen molar-refractivity contribution in [3.8, 4) is 11.5 Å². The Balaban J connectivity index is 1.53. The van der Waals surface area contributed by atoms with Crippen molar-refractivity contribution in [3.05, 3.63) is 52.6 Å². The van der Waals surface area contributed by atoms with Crippen LogP contribution >= 0.6 is 0 Å². The number of hydrogen-bond acceptors (Lipinski definition) is 7. The molecular formula is C19H23N3O5. The zero-order chi connectivity index (χ0) is 19.2. The zero-order valence-electron chi connectivity index (χ0n) is 15.2. The molecule has 1 fully saturated rings. The Bertz CT molecular complexity index is 826. The molecule has 0 aliphatic carbocycles. The van der Waals surface area contributed by atoms with Crippen molar-refractivity contribution < 1.29 is 18.7 Å². The molecule has 2 aromatic rings. The van der Waals surface area contributed by atoms with Gasteiger partial charge in [-0.25, -0.2) is 0 Å². The molecule has 2 N–H and O–H groups in total. The molecule has 1 aliphatic rings. The second kappa shape index (κ2) is 8.59. The quantitative estimate of drug-likeness (QED) is 0.768. The summed E-state index contributed by atoms with van der Waals surface area (Å²) < 4.78 is 15.7. The summed E-state index contributed by atoms with van der Waals surface area (Å²) in [6, 6.07) is 9.42. The second-order valence-electron chi connectivity index (χ2n) is 6.29. The Morgan fingerprint density at radius 1 is 1.19 bits per heavy atom. The normalized spacial score (nSPS) is 14.8. The van der Waals surface area contributed by atoms with Crippen LogP contribution in [0.5, 0.6) is 11.5 Å². The fraction of sp³-hybridized carbons (Fsp3) is 0.368. The van der Waals surface area contributed by atoms with Gasteiger partial charge in [-0.3, -0.25) is 14.5 Å². The van der Waals surface area contributed by atoms with E-state index in [4.69, 9.17) is 19.6 Å². The van der Waals surface area contributed by atoms with Crippen LogP contribution in [0.3, 0.4) is 0 Å². The Morgan fingerprint density at radius 3 is 2.48 bits per heavy atom. The van der Waals surface area contributed by atoms with Crippen molar-refractivity contribution in [2.45, 2.75) is 6.54 Å². The van der Waals surface area contributed by atoms with Gasteiger partial charge < -0.3 is 24.5 Å². The summed E-state index contributed by atoms with van der Waals surface area (Å²) in [7, 11) is 1.66. The van der Waals surface area contributed by atoms with E-state index in [1.54, 1.807) is 7.11 Å². The van der Waals surface area contributed by atoms with Gasteiger partial charge in [-0.1, -0.05) is 0 Å². The van der Waals surface area contributed by atoms with E-state index in [-0.39, 0.29) is 17.8 Å². The van der Waals surface area contributed by atoms with Gasteiger partial charge in [0.2, 0.25) is 11.2 Å². The highest BCUT2D eigenvalue weighted by Gasteiger charge is 2.18. The lowest BCUT2D eigenvalue weighted by Gasteiger charge is -2.35. The molecule has 8 heteroatoms. The Morgan fingerprint density at radius 2 is 1.89 bits per heavy atom. The molecule has 3 rings (SSSR count). The molecule has 8 nitrogen and oxygen atoms in total. The number of primary amides is 1. The second-order valence-corrected chi connectivity index (χ2v) is 6.29. The van der Waals surface area contributed by atoms with E-state index in [1.807, 2.05) is 12.1 Å². The number of piperazine rings is 1. The fourth-order valence-corrected chi connectivity index (χ4v) is 2.95. The third-order valence-corrected chi connectivity index (χ3v) is 4.41. The van der Waals surface area contributed by atoms with Crippen LogP contribution in [0.25, 0.3) is 0 Å². The number of carbonyl (C=O) groups is 1. The summed E-state index contributed by atoms with van der Waals surface area (Å²) >= 11 is 0. The molecule has 0 saturated carbocycles. The minimum absolute atomic E-state index is 0.0122. The number of benzene rings is 1. The largest absolute Gasteiger partial charge is 0.497 e. The molecule has 1 aromatic heterocycles. The lowest BCUT2D eigenvalue weighted by atomic mass is 10.2. The van der Waals surface area contributed by atoms with Crippen molar-refractivity contribution in [1.29, 1.82) is 0 Å². The summed E-state index contributed by atoms with van der Waals surface area (Å²) in [6.07, 6.45) is 1.23. The number of rotatable bonds is 7. The maximum atomic E-state index is 12.0. The first-order valence-corrected chi connectivity index (χ1v) is 8.69. The van der Waals surface area contributed by atoms with Gasteiger partial charge in [0.05, 0.1) is 13.7 Å². The van der Waals surface area contributed by atoms with Crippen LogP contribution in [-0.2, 0) is 11.3 Å². The van der Waals surface area contributed by atoms with Crippen molar-refractivity contribution in [3.63, 3.8) is 0 Å². The van der Waals surface area contributed by atoms with Crippen molar-refractivity contribution in [2.75, 3.05) is 44.8 Å². The smallest absolute Gasteiger partial charge is 0.255 e. The number of amides is 1. The van der Waals surface area contributed by atoms with E-state index in [0.717, 1.165) is 37.6 Å². The van der Waals surface area contributed by atoms with Crippen molar-refractivity contribution in [2.24, 2.45) is 5.73 Å². The molecule has 1 aliphatic heterocycles. The monoisotopic (exact) mass is 373 g/mol. The molecule has 1 amide bonds. The molecule has 0 radical (unpaired) electrons. The Hall–Kier alpha value is -3.00. The number of hydrogen-bond donors (Lipinski definition) is 1. The molecule has 2 heterocycles. The summed E-state index contributed by atoms with van der Waals surface area (Å²) in [5, 5.41) is 0. The zero-order valence-corrected chi connectivity index (χ0v) is 15.2. The SMILES string of the molecule is COc1ccc(N2CCN(Cc3cc(=O)c(OCC(N)=O)co3)CC2)cc1. The van der Waals surface area contributed by atoms with Crippen LogP contribution in [-0.4, -0.2) is 50.7 Å². The molecule has 1 saturated heterocycles. The molecule has 27 heavy (non-hydrogen) atoms. The highest BCUT2D eigenvalue weighted by Crippen LogP contribution is 2.21. The molecular weight excluding hydrogens is 350 g/mol. The Labute approximate surface area is 157 Å². The minimum Gasteiger partial charge on any atom is -0.497 e. The number of ether oxygens (including phenoxy) is 2. The molecule has 0 bridgehead atoms. The first-order valence-electron chi connectivity index (χ1n) is 8.69. The topological polar surface area (TPSA) is 98.2 Å². The van der Waals surface area contributed by atoms with E-state index in [0.29, 0.717) is 12.3 Å². The molecule has 1 aromatic carbocycles. The number of nitrogens with two attached hydrogens (primary N) is 1.